The van der Waals surface area contributed by atoms with Crippen LogP contribution in [0.2, 0.25) is 0 Å². The quantitative estimate of drug-likeness (QED) is 0.492. The third-order valence-electron chi connectivity index (χ3n) is 3.52. The van der Waals surface area contributed by atoms with Crippen molar-refractivity contribution in [3.05, 3.63) is 0 Å². The summed E-state index contributed by atoms with van der Waals surface area (Å²) in [5.41, 5.74) is -0.620. The first-order valence-electron chi connectivity index (χ1n) is 6.05. The molecule has 0 aromatic heterocycles. The monoisotopic (exact) mass is 274 g/mol. The van der Waals surface area contributed by atoms with E-state index in [0.717, 1.165) is 18.6 Å². The van der Waals surface area contributed by atoms with Crippen LogP contribution < -0.4 is 10.6 Å². The molecule has 0 aromatic rings. The fourth-order valence-corrected chi connectivity index (χ4v) is 4.26. The van der Waals surface area contributed by atoms with Crippen molar-refractivity contribution in [1.82, 2.24) is 10.6 Å². The Bertz CT molecular complexity index is 352. The minimum absolute atomic E-state index is 0.00414. The number of thioether (sulfide) groups is 1. The molecule has 102 valence electrons. The van der Waals surface area contributed by atoms with Gasteiger partial charge in [-0.2, -0.15) is 11.8 Å². The number of carbonyl (C=O) groups excluding carboxylic acids is 1. The van der Waals surface area contributed by atoms with Gasteiger partial charge in [-0.15, -0.1) is 0 Å². The topological polar surface area (TPSA) is 87.7 Å². The molecule has 2 aliphatic rings. The zero-order valence-corrected chi connectivity index (χ0v) is 11.1. The second-order valence-electron chi connectivity index (χ2n) is 4.61. The smallest absolute Gasteiger partial charge is 0.317 e. The van der Waals surface area contributed by atoms with Crippen LogP contribution in [-0.2, 0) is 9.53 Å². The normalized spacial score (nSPS) is 33.9. The molecule has 6 nitrogen and oxygen atoms in total. The van der Waals surface area contributed by atoms with Gasteiger partial charge in [0.25, 0.3) is 0 Å². The van der Waals surface area contributed by atoms with Gasteiger partial charge in [0.1, 0.15) is 0 Å². The van der Waals surface area contributed by atoms with E-state index in [1.165, 1.54) is 0 Å². The van der Waals surface area contributed by atoms with Gasteiger partial charge in [0.05, 0.1) is 11.3 Å². The van der Waals surface area contributed by atoms with Gasteiger partial charge in [0.2, 0.25) is 0 Å². The van der Waals surface area contributed by atoms with Gasteiger partial charge in [-0.1, -0.05) is 6.42 Å². The predicted octanol–water partition coefficient (Wildman–Crippen LogP) is 0.771. The highest BCUT2D eigenvalue weighted by Gasteiger charge is 2.56. The zero-order valence-electron chi connectivity index (χ0n) is 10.3. The van der Waals surface area contributed by atoms with Crippen LogP contribution in [0.15, 0.2) is 0 Å². The minimum Gasteiger partial charge on any atom is -0.481 e. The van der Waals surface area contributed by atoms with E-state index in [4.69, 9.17) is 9.84 Å². The van der Waals surface area contributed by atoms with Crippen LogP contribution in [0.4, 0.5) is 4.79 Å². The van der Waals surface area contributed by atoms with Gasteiger partial charge in [-0.25, -0.2) is 4.79 Å². The van der Waals surface area contributed by atoms with E-state index in [1.54, 1.807) is 18.9 Å². The van der Waals surface area contributed by atoms with Crippen LogP contribution >= 0.6 is 11.8 Å². The van der Waals surface area contributed by atoms with E-state index in [9.17, 15) is 9.59 Å². The SMILES string of the molecule is COC12NC(=O)NC1CSC2CCCCC(=O)O. The average molecular weight is 274 g/mol. The van der Waals surface area contributed by atoms with Gasteiger partial charge >= 0.3 is 12.0 Å². The molecule has 7 heteroatoms. The Kier molecular flexibility index (Phi) is 4.01. The Balaban J connectivity index is 1.88. The first-order valence-corrected chi connectivity index (χ1v) is 7.10. The summed E-state index contributed by atoms with van der Waals surface area (Å²) in [5.74, 6) is 0.0696. The van der Waals surface area contributed by atoms with Gasteiger partial charge in [-0.3, -0.25) is 4.79 Å². The summed E-state index contributed by atoms with van der Waals surface area (Å²) in [4.78, 5) is 21.8. The first kappa shape index (κ1) is 13.5. The minimum atomic E-state index is -0.760. The number of carboxylic acid groups (broad SMARTS) is 1. The van der Waals surface area contributed by atoms with E-state index < -0.39 is 11.7 Å². The van der Waals surface area contributed by atoms with Gasteiger partial charge in [0.15, 0.2) is 5.72 Å². The number of aliphatic carboxylic acids is 1. The molecule has 2 fully saturated rings. The lowest BCUT2D eigenvalue weighted by Crippen LogP contribution is -2.55. The Hall–Kier alpha value is -0.950. The third-order valence-corrected chi connectivity index (χ3v) is 5.03. The molecule has 0 saturated carbocycles. The summed E-state index contributed by atoms with van der Waals surface area (Å²) in [7, 11) is 1.61. The number of hydrogen-bond acceptors (Lipinski definition) is 4. The van der Waals surface area contributed by atoms with Crippen molar-refractivity contribution in [1.29, 1.82) is 0 Å². The molecule has 3 unspecified atom stereocenters. The molecule has 0 bridgehead atoms. The number of unbranched alkanes of at least 4 members (excludes halogenated alkanes) is 1. The highest BCUT2D eigenvalue weighted by atomic mass is 32.2. The number of rotatable bonds is 6. The molecule has 2 heterocycles. The van der Waals surface area contributed by atoms with Crippen molar-refractivity contribution >= 4 is 23.8 Å². The van der Waals surface area contributed by atoms with E-state index >= 15 is 0 Å². The number of carbonyl (C=O) groups is 2. The van der Waals surface area contributed by atoms with Crippen LogP contribution in [0.25, 0.3) is 0 Å². The van der Waals surface area contributed by atoms with Crippen LogP contribution in [0.5, 0.6) is 0 Å². The van der Waals surface area contributed by atoms with E-state index in [-0.39, 0.29) is 23.7 Å². The standard InChI is InChI=1S/C11H18N2O4S/c1-17-11-7(12-10(16)13-11)6-18-8(11)4-2-3-5-9(14)15/h7-8H,2-6H2,1H3,(H,14,15)(H2,12,13,16). The summed E-state index contributed by atoms with van der Waals surface area (Å²) < 4.78 is 5.55. The Labute approximate surface area is 110 Å². The Morgan fingerprint density at radius 3 is 3.06 bits per heavy atom. The molecular formula is C11H18N2O4S. The number of ether oxygens (including phenoxy) is 1. The highest BCUT2D eigenvalue weighted by molar-refractivity contribution is 8.00. The summed E-state index contributed by atoms with van der Waals surface area (Å²) in [6, 6.07) is -0.179. The molecule has 0 spiro atoms. The second kappa shape index (κ2) is 5.36. The van der Waals surface area contributed by atoms with Crippen LogP contribution in [0, 0.1) is 0 Å². The van der Waals surface area contributed by atoms with E-state index in [0.29, 0.717) is 6.42 Å². The van der Waals surface area contributed by atoms with Gasteiger partial charge in [-0.05, 0) is 12.8 Å². The molecule has 3 N–H and O–H groups in total. The summed E-state index contributed by atoms with van der Waals surface area (Å²) in [5, 5.41) is 14.5. The average Bonchev–Trinajstić information content (AvgIpc) is 2.79. The molecule has 2 aliphatic heterocycles. The van der Waals surface area contributed by atoms with E-state index in [1.807, 2.05) is 0 Å². The van der Waals surface area contributed by atoms with Crippen molar-refractivity contribution in [2.24, 2.45) is 0 Å². The van der Waals surface area contributed by atoms with E-state index in [2.05, 4.69) is 10.6 Å². The molecule has 0 aromatic carbocycles. The number of hydrogen-bond donors (Lipinski definition) is 3. The molecule has 0 aliphatic carbocycles. The first-order chi connectivity index (χ1) is 8.58. The second-order valence-corrected chi connectivity index (χ2v) is 5.85. The van der Waals surface area contributed by atoms with Crippen LogP contribution in [-0.4, -0.2) is 47.0 Å². The zero-order chi connectivity index (χ0) is 13.2. The third kappa shape index (κ3) is 2.42. The summed E-state index contributed by atoms with van der Waals surface area (Å²) >= 11 is 1.77. The lowest BCUT2D eigenvalue weighted by Gasteiger charge is -2.32. The maximum Gasteiger partial charge on any atom is 0.317 e. The summed E-state index contributed by atoms with van der Waals surface area (Å²) in [6.45, 7) is 0. The number of fused-ring (bicyclic) bond motifs is 1. The largest absolute Gasteiger partial charge is 0.481 e. The van der Waals surface area contributed by atoms with Crippen molar-refractivity contribution < 1.29 is 19.4 Å². The number of nitrogens with one attached hydrogen (secondary N) is 2. The van der Waals surface area contributed by atoms with Gasteiger partial charge in [0, 0.05) is 19.3 Å². The molecule has 0 radical (unpaired) electrons. The lowest BCUT2D eigenvalue weighted by atomic mass is 9.98. The van der Waals surface area contributed by atoms with Crippen molar-refractivity contribution in [3.8, 4) is 0 Å². The number of methoxy groups -OCH3 is 1. The Morgan fingerprint density at radius 1 is 1.61 bits per heavy atom. The molecule has 2 saturated heterocycles. The number of carboxylic acids is 1. The molecule has 2 amide bonds. The molecule has 2 rings (SSSR count). The predicted molar refractivity (Wildman–Crippen MR) is 67.5 cm³/mol. The fraction of sp³-hybridized carbons (Fsp3) is 0.818. The maximum absolute atomic E-state index is 11.4. The van der Waals surface area contributed by atoms with Gasteiger partial charge < -0.3 is 20.5 Å². The fourth-order valence-electron chi connectivity index (χ4n) is 2.60. The van der Waals surface area contributed by atoms with Crippen molar-refractivity contribution in [2.75, 3.05) is 12.9 Å². The van der Waals surface area contributed by atoms with Crippen molar-refractivity contribution in [3.63, 3.8) is 0 Å². The van der Waals surface area contributed by atoms with Crippen LogP contribution in [0.3, 0.4) is 0 Å². The van der Waals surface area contributed by atoms with Crippen LogP contribution in [0.1, 0.15) is 25.7 Å². The summed E-state index contributed by atoms with van der Waals surface area (Å²) in [6.07, 6.45) is 2.55. The molecule has 3 atom stereocenters. The van der Waals surface area contributed by atoms with Crippen molar-refractivity contribution in [2.45, 2.75) is 42.7 Å². The lowest BCUT2D eigenvalue weighted by molar-refractivity contribution is -0.137. The maximum atomic E-state index is 11.4. The number of urea groups is 1. The highest BCUT2D eigenvalue weighted by Crippen LogP contribution is 2.41. The Morgan fingerprint density at radius 2 is 2.39 bits per heavy atom. The number of amides is 2. The molecule has 18 heavy (non-hydrogen) atoms. The molecular weight excluding hydrogens is 256 g/mol.